The zero-order valence-electron chi connectivity index (χ0n) is 17.8. The van der Waals surface area contributed by atoms with E-state index < -0.39 is 5.97 Å². The molecule has 0 radical (unpaired) electrons. The van der Waals surface area contributed by atoms with Crippen molar-refractivity contribution in [1.82, 2.24) is 5.32 Å². The third-order valence-electron chi connectivity index (χ3n) is 6.13. The Hall–Kier alpha value is -3.02. The molecule has 31 heavy (non-hydrogen) atoms. The van der Waals surface area contributed by atoms with Crippen LogP contribution in [0.25, 0.3) is 0 Å². The first-order valence-corrected chi connectivity index (χ1v) is 11.0. The molecule has 6 heteroatoms. The summed E-state index contributed by atoms with van der Waals surface area (Å²) in [4.78, 5) is 23.4. The summed E-state index contributed by atoms with van der Waals surface area (Å²) in [6.07, 6.45) is 5.26. The summed E-state index contributed by atoms with van der Waals surface area (Å²) in [5.74, 6) is 1.20. The molecule has 1 unspecified atom stereocenters. The lowest BCUT2D eigenvalue weighted by atomic mass is 9.86. The van der Waals surface area contributed by atoms with Crippen LogP contribution in [0.4, 0.5) is 0 Å². The molecule has 1 heterocycles. The maximum atomic E-state index is 12.2. The maximum Gasteiger partial charge on any atom is 0.325 e. The third kappa shape index (κ3) is 5.37. The van der Waals surface area contributed by atoms with Gasteiger partial charge in [-0.25, -0.2) is 0 Å². The van der Waals surface area contributed by atoms with Gasteiger partial charge < -0.3 is 19.5 Å². The molecule has 1 saturated carbocycles. The Morgan fingerprint density at radius 3 is 2.55 bits per heavy atom. The summed E-state index contributed by atoms with van der Waals surface area (Å²) in [5.41, 5.74) is 2.39. The van der Waals surface area contributed by atoms with Gasteiger partial charge in [-0.1, -0.05) is 30.3 Å². The van der Waals surface area contributed by atoms with Gasteiger partial charge in [0.15, 0.2) is 0 Å². The Kier molecular flexibility index (Phi) is 6.75. The first-order chi connectivity index (χ1) is 15.1. The van der Waals surface area contributed by atoms with Crippen molar-refractivity contribution in [3.05, 3.63) is 59.7 Å². The monoisotopic (exact) mass is 423 g/mol. The summed E-state index contributed by atoms with van der Waals surface area (Å²) >= 11 is 0. The number of ether oxygens (including phenoxy) is 3. The third-order valence-corrected chi connectivity index (χ3v) is 6.13. The standard InChI is InChI=1S/C25H29NO5/c1-29-24(27)16-26-25(28)18-7-10-20(11-8-18)30-21-12-14-23-19(15-21)9-13-22(31-23)17-5-3-2-4-6-17/h2-6,12,14-15,18,20,22H,7-11,13,16H2,1H3,(H,26,28)/t18-,20+,22?. The Bertz CT molecular complexity index is 905. The molecule has 1 aliphatic heterocycles. The van der Waals surface area contributed by atoms with Gasteiger partial charge in [-0.15, -0.1) is 0 Å². The Morgan fingerprint density at radius 2 is 1.81 bits per heavy atom. The van der Waals surface area contributed by atoms with Crippen molar-refractivity contribution in [2.45, 2.75) is 50.7 Å². The van der Waals surface area contributed by atoms with Crippen molar-refractivity contribution < 1.29 is 23.8 Å². The van der Waals surface area contributed by atoms with Crippen molar-refractivity contribution in [3.63, 3.8) is 0 Å². The van der Waals surface area contributed by atoms with E-state index in [1.807, 2.05) is 30.3 Å². The number of carbonyl (C=O) groups is 2. The second-order valence-corrected chi connectivity index (χ2v) is 8.21. The number of carbonyl (C=O) groups excluding carboxylic acids is 2. The van der Waals surface area contributed by atoms with Crippen LogP contribution in [0.3, 0.4) is 0 Å². The second kappa shape index (κ2) is 9.86. The molecule has 0 spiro atoms. The number of fused-ring (bicyclic) bond motifs is 1. The molecule has 1 atom stereocenters. The van der Waals surface area contributed by atoms with Gasteiger partial charge >= 0.3 is 5.97 Å². The Labute approximate surface area is 182 Å². The molecule has 1 fully saturated rings. The van der Waals surface area contributed by atoms with Gasteiger partial charge in [-0.05, 0) is 67.9 Å². The molecule has 0 bridgehead atoms. The first kappa shape index (κ1) is 21.2. The molecule has 164 valence electrons. The molecule has 1 aliphatic carbocycles. The molecule has 2 aromatic carbocycles. The summed E-state index contributed by atoms with van der Waals surface area (Å²) in [5, 5.41) is 2.65. The number of esters is 1. The predicted molar refractivity (Wildman–Crippen MR) is 116 cm³/mol. The highest BCUT2D eigenvalue weighted by atomic mass is 16.5. The van der Waals surface area contributed by atoms with Gasteiger partial charge in [0, 0.05) is 5.92 Å². The van der Waals surface area contributed by atoms with E-state index >= 15 is 0 Å². The van der Waals surface area contributed by atoms with Crippen LogP contribution in [0.5, 0.6) is 11.5 Å². The van der Waals surface area contributed by atoms with Gasteiger partial charge in [0.25, 0.3) is 0 Å². The predicted octanol–water partition coefficient (Wildman–Crippen LogP) is 3.98. The van der Waals surface area contributed by atoms with Crippen LogP contribution in [0.1, 0.15) is 49.3 Å². The highest BCUT2D eigenvalue weighted by Gasteiger charge is 2.28. The Balaban J connectivity index is 1.28. The lowest BCUT2D eigenvalue weighted by Crippen LogP contribution is -2.38. The van der Waals surface area contributed by atoms with E-state index in [0.29, 0.717) is 0 Å². The average Bonchev–Trinajstić information content (AvgIpc) is 2.83. The van der Waals surface area contributed by atoms with Crippen molar-refractivity contribution in [1.29, 1.82) is 0 Å². The number of benzene rings is 2. The molecule has 2 aliphatic rings. The highest BCUT2D eigenvalue weighted by Crippen LogP contribution is 2.37. The van der Waals surface area contributed by atoms with E-state index in [2.05, 4.69) is 28.3 Å². The smallest absolute Gasteiger partial charge is 0.325 e. The minimum atomic E-state index is -0.433. The van der Waals surface area contributed by atoms with E-state index in [-0.39, 0.29) is 30.6 Å². The number of hydrogen-bond acceptors (Lipinski definition) is 5. The number of aryl methyl sites for hydroxylation is 1. The van der Waals surface area contributed by atoms with E-state index in [1.165, 1.54) is 18.2 Å². The molecular weight excluding hydrogens is 394 g/mol. The van der Waals surface area contributed by atoms with Gasteiger partial charge in [0.2, 0.25) is 5.91 Å². The topological polar surface area (TPSA) is 73.9 Å². The molecule has 0 aromatic heterocycles. The van der Waals surface area contributed by atoms with Crippen LogP contribution in [-0.2, 0) is 20.7 Å². The van der Waals surface area contributed by atoms with Crippen molar-refractivity contribution in [2.75, 3.05) is 13.7 Å². The van der Waals surface area contributed by atoms with Gasteiger partial charge in [-0.3, -0.25) is 9.59 Å². The molecule has 1 amide bonds. The summed E-state index contributed by atoms with van der Waals surface area (Å²) in [6.45, 7) is -0.0753. The van der Waals surface area contributed by atoms with Crippen LogP contribution >= 0.6 is 0 Å². The molecule has 0 saturated heterocycles. The Morgan fingerprint density at radius 1 is 1.03 bits per heavy atom. The van der Waals surface area contributed by atoms with E-state index in [1.54, 1.807) is 0 Å². The van der Waals surface area contributed by atoms with E-state index in [0.717, 1.165) is 50.0 Å². The molecule has 2 aromatic rings. The molecular formula is C25H29NO5. The fraction of sp³-hybridized carbons (Fsp3) is 0.440. The fourth-order valence-corrected chi connectivity index (χ4v) is 4.35. The maximum absolute atomic E-state index is 12.2. The number of hydrogen-bond donors (Lipinski definition) is 1. The molecule has 6 nitrogen and oxygen atoms in total. The number of methoxy groups -OCH3 is 1. The normalized spacial score (nSPS) is 22.5. The lowest BCUT2D eigenvalue weighted by molar-refractivity contribution is -0.141. The van der Waals surface area contributed by atoms with Crippen LogP contribution in [0, 0.1) is 5.92 Å². The van der Waals surface area contributed by atoms with E-state index in [9.17, 15) is 9.59 Å². The van der Waals surface area contributed by atoms with E-state index in [4.69, 9.17) is 9.47 Å². The van der Waals surface area contributed by atoms with Crippen LogP contribution in [-0.4, -0.2) is 31.6 Å². The van der Waals surface area contributed by atoms with Crippen molar-refractivity contribution in [3.8, 4) is 11.5 Å². The van der Waals surface area contributed by atoms with Gasteiger partial charge in [-0.2, -0.15) is 0 Å². The lowest BCUT2D eigenvalue weighted by Gasteiger charge is -2.29. The number of nitrogens with one attached hydrogen (secondary N) is 1. The number of rotatable bonds is 6. The van der Waals surface area contributed by atoms with Crippen molar-refractivity contribution >= 4 is 11.9 Å². The summed E-state index contributed by atoms with van der Waals surface area (Å²) < 4.78 is 17.0. The minimum absolute atomic E-state index is 0.0728. The van der Waals surface area contributed by atoms with Gasteiger partial charge in [0.05, 0.1) is 13.2 Å². The molecule has 1 N–H and O–H groups in total. The highest BCUT2D eigenvalue weighted by molar-refractivity contribution is 5.83. The minimum Gasteiger partial charge on any atom is -0.490 e. The first-order valence-electron chi connectivity index (χ1n) is 11.0. The van der Waals surface area contributed by atoms with Crippen molar-refractivity contribution in [2.24, 2.45) is 5.92 Å². The largest absolute Gasteiger partial charge is 0.490 e. The average molecular weight is 424 g/mol. The summed E-state index contributed by atoms with van der Waals surface area (Å²) in [6, 6.07) is 16.4. The number of amides is 1. The zero-order chi connectivity index (χ0) is 21.6. The van der Waals surface area contributed by atoms with Gasteiger partial charge in [0.1, 0.15) is 24.1 Å². The molecule has 4 rings (SSSR count). The van der Waals surface area contributed by atoms with Crippen LogP contribution in [0.15, 0.2) is 48.5 Å². The second-order valence-electron chi connectivity index (χ2n) is 8.21. The van der Waals surface area contributed by atoms with Crippen LogP contribution in [0.2, 0.25) is 0 Å². The SMILES string of the molecule is COC(=O)CNC(=O)[C@H]1CC[C@@H](Oc2ccc3c(c2)CCC(c2ccccc2)O3)CC1. The quantitative estimate of drug-likeness (QED) is 0.712. The van der Waals surface area contributed by atoms with Crippen LogP contribution < -0.4 is 14.8 Å². The summed E-state index contributed by atoms with van der Waals surface area (Å²) in [7, 11) is 1.31. The zero-order valence-corrected chi connectivity index (χ0v) is 17.8. The fourth-order valence-electron chi connectivity index (χ4n) is 4.35.